The second-order valence-corrected chi connectivity index (χ2v) is 7.83. The van der Waals surface area contributed by atoms with Gasteiger partial charge in [0.15, 0.2) is 0 Å². The number of anilines is 1. The number of pyridine rings is 1. The molecule has 0 radical (unpaired) electrons. The summed E-state index contributed by atoms with van der Waals surface area (Å²) in [6.45, 7) is 1.06. The molecule has 0 bridgehead atoms. The van der Waals surface area contributed by atoms with Crippen molar-refractivity contribution < 1.29 is 13.6 Å². The molecule has 3 heterocycles. The molecule has 0 spiro atoms. The number of carbonyl (C=O) groups excluding carboxylic acids is 1. The summed E-state index contributed by atoms with van der Waals surface area (Å²) < 4.78 is 27.6. The first-order valence-electron chi connectivity index (χ1n) is 9.86. The van der Waals surface area contributed by atoms with Crippen molar-refractivity contribution in [2.75, 3.05) is 38.5 Å². The maximum absolute atomic E-state index is 13.8. The van der Waals surface area contributed by atoms with Gasteiger partial charge in [-0.2, -0.15) is 0 Å². The van der Waals surface area contributed by atoms with E-state index in [4.69, 9.17) is 0 Å². The van der Waals surface area contributed by atoms with E-state index < -0.39 is 18.5 Å². The lowest BCUT2D eigenvalue weighted by Crippen LogP contribution is -2.43. The molecule has 29 heavy (non-hydrogen) atoms. The van der Waals surface area contributed by atoms with Crippen molar-refractivity contribution in [2.45, 2.75) is 30.8 Å². The smallest absolute Gasteiger partial charge is 0.267 e. The van der Waals surface area contributed by atoms with Gasteiger partial charge >= 0.3 is 0 Å². The van der Waals surface area contributed by atoms with Crippen molar-refractivity contribution >= 4 is 28.6 Å². The fraction of sp³-hybridized carbons (Fsp3) is 0.476. The average Bonchev–Trinajstić information content (AvgIpc) is 3.25. The second-order valence-electron chi connectivity index (χ2n) is 7.83. The summed E-state index contributed by atoms with van der Waals surface area (Å²) in [7, 11) is 1.54. The summed E-state index contributed by atoms with van der Waals surface area (Å²) in [4.78, 5) is 24.1. The number of amides is 1. The molecule has 8 heteroatoms. The van der Waals surface area contributed by atoms with Crippen molar-refractivity contribution in [2.24, 2.45) is 4.99 Å². The first-order chi connectivity index (χ1) is 13.9. The first-order valence-corrected chi connectivity index (χ1v) is 9.86. The van der Waals surface area contributed by atoms with E-state index in [2.05, 4.69) is 21.4 Å². The van der Waals surface area contributed by atoms with Crippen LogP contribution in [-0.2, 0) is 4.79 Å². The van der Waals surface area contributed by atoms with Crippen LogP contribution in [0.1, 0.15) is 12.8 Å². The van der Waals surface area contributed by atoms with Gasteiger partial charge in [-0.25, -0.2) is 8.78 Å². The zero-order valence-electron chi connectivity index (χ0n) is 16.4. The van der Waals surface area contributed by atoms with Gasteiger partial charge in [0.1, 0.15) is 0 Å². The molecule has 6 nitrogen and oxygen atoms in total. The number of halogens is 2. The number of nitrogens with zero attached hydrogens (tertiary/aromatic N) is 4. The maximum Gasteiger partial charge on any atom is 0.267 e. The molecule has 1 aromatic carbocycles. The molecule has 1 aromatic heterocycles. The Labute approximate surface area is 168 Å². The van der Waals surface area contributed by atoms with Crippen LogP contribution in [0.25, 0.3) is 10.8 Å². The number of alkyl halides is 2. The molecule has 2 fully saturated rings. The molecule has 2 saturated heterocycles. The summed E-state index contributed by atoms with van der Waals surface area (Å²) in [6, 6.07) is 7.61. The number of aliphatic imine (C=N–C) groups is 1. The molecule has 0 unspecified atom stereocenters. The van der Waals surface area contributed by atoms with Gasteiger partial charge in [0.25, 0.3) is 5.92 Å². The molecular formula is C21H25F2N5O. The molecule has 4 rings (SSSR count). The fourth-order valence-electron chi connectivity index (χ4n) is 4.25. The maximum atomic E-state index is 13.8. The number of rotatable bonds is 5. The van der Waals surface area contributed by atoms with Gasteiger partial charge in [0.05, 0.1) is 31.0 Å². The van der Waals surface area contributed by atoms with Crippen LogP contribution in [0.2, 0.25) is 0 Å². The number of hydrogen-bond donors (Lipinski definition) is 1. The normalized spacial score (nSPS) is 24.6. The molecule has 2 aromatic rings. The third-order valence-electron chi connectivity index (χ3n) is 5.61. The zero-order valence-corrected chi connectivity index (χ0v) is 16.4. The monoisotopic (exact) mass is 401 g/mol. The van der Waals surface area contributed by atoms with E-state index >= 15 is 0 Å². The third-order valence-corrected chi connectivity index (χ3v) is 5.61. The fourth-order valence-corrected chi connectivity index (χ4v) is 4.25. The van der Waals surface area contributed by atoms with Crippen LogP contribution in [-0.4, -0.2) is 78.1 Å². The lowest BCUT2D eigenvalue weighted by atomic mass is 10.1. The van der Waals surface area contributed by atoms with Crippen LogP contribution in [0, 0.1) is 0 Å². The number of aromatic nitrogens is 1. The van der Waals surface area contributed by atoms with E-state index in [1.54, 1.807) is 0 Å². The molecule has 1 amide bonds. The number of carbonyl (C=O) groups is 1. The molecule has 0 saturated carbocycles. The Morgan fingerprint density at radius 3 is 3.03 bits per heavy atom. The molecule has 154 valence electrons. The molecule has 2 aliphatic heterocycles. The van der Waals surface area contributed by atoms with E-state index in [0.717, 1.165) is 29.4 Å². The standard InChI is InChI=1S/C21H25F2N5O/c1-24-10-17-8-21(22,23)14-28(17)20(29)13-27-7-6-16(12-27)26-19-11-25-9-15-4-2-3-5-18(15)19/h2-5,9-11,16-17,26H,6-8,12-14H2,1H3/t16-,17-/m0/s1. The summed E-state index contributed by atoms with van der Waals surface area (Å²) in [5.41, 5.74) is 0.972. The summed E-state index contributed by atoms with van der Waals surface area (Å²) in [5, 5.41) is 5.71. The lowest BCUT2D eigenvalue weighted by molar-refractivity contribution is -0.133. The molecular weight excluding hydrogens is 376 g/mol. The predicted octanol–water partition coefficient (Wildman–Crippen LogP) is 2.66. The van der Waals surface area contributed by atoms with Crippen molar-refractivity contribution in [3.8, 4) is 0 Å². The average molecular weight is 401 g/mol. The highest BCUT2D eigenvalue weighted by atomic mass is 19.3. The van der Waals surface area contributed by atoms with E-state index in [1.165, 1.54) is 18.2 Å². The van der Waals surface area contributed by atoms with Gasteiger partial charge in [-0.3, -0.25) is 19.7 Å². The molecule has 2 aliphatic rings. The SMILES string of the molecule is CN=C[C@@H]1CC(F)(F)CN1C(=O)CN1CC[C@H](Nc2cncc3ccccc23)C1. The Morgan fingerprint density at radius 2 is 2.21 bits per heavy atom. The number of benzene rings is 1. The van der Waals surface area contributed by atoms with Gasteiger partial charge in [-0.05, 0) is 6.42 Å². The van der Waals surface area contributed by atoms with Gasteiger partial charge in [0, 0.05) is 55.8 Å². The highest BCUT2D eigenvalue weighted by molar-refractivity contribution is 5.92. The Kier molecular flexibility index (Phi) is 5.45. The van der Waals surface area contributed by atoms with Crippen LogP contribution in [0.4, 0.5) is 14.5 Å². The molecule has 0 aliphatic carbocycles. The number of nitrogens with one attached hydrogen (secondary N) is 1. The Bertz CT molecular complexity index is 914. The lowest BCUT2D eigenvalue weighted by Gasteiger charge is -2.24. The van der Waals surface area contributed by atoms with Crippen LogP contribution >= 0.6 is 0 Å². The van der Waals surface area contributed by atoms with Crippen LogP contribution in [0.15, 0.2) is 41.7 Å². The van der Waals surface area contributed by atoms with Crippen LogP contribution in [0.3, 0.4) is 0 Å². The highest BCUT2D eigenvalue weighted by Gasteiger charge is 2.46. The summed E-state index contributed by atoms with van der Waals surface area (Å²) in [5.74, 6) is -3.11. The van der Waals surface area contributed by atoms with E-state index in [9.17, 15) is 13.6 Å². The van der Waals surface area contributed by atoms with Gasteiger partial charge in [-0.1, -0.05) is 24.3 Å². The number of likely N-dealkylation sites (tertiary alicyclic amines) is 2. The van der Waals surface area contributed by atoms with Crippen molar-refractivity contribution in [3.63, 3.8) is 0 Å². The molecule has 1 N–H and O–H groups in total. The van der Waals surface area contributed by atoms with E-state index in [-0.39, 0.29) is 24.9 Å². The summed E-state index contributed by atoms with van der Waals surface area (Å²) in [6.07, 6.45) is 5.63. The van der Waals surface area contributed by atoms with Gasteiger partial charge in [-0.15, -0.1) is 0 Å². The minimum Gasteiger partial charge on any atom is -0.379 e. The van der Waals surface area contributed by atoms with Gasteiger partial charge < -0.3 is 10.2 Å². The van der Waals surface area contributed by atoms with Crippen LogP contribution in [0.5, 0.6) is 0 Å². The van der Waals surface area contributed by atoms with E-state index in [1.807, 2.05) is 35.5 Å². The van der Waals surface area contributed by atoms with Crippen molar-refractivity contribution in [1.29, 1.82) is 0 Å². The first kappa shape index (κ1) is 19.7. The van der Waals surface area contributed by atoms with Crippen molar-refractivity contribution in [3.05, 3.63) is 36.7 Å². The van der Waals surface area contributed by atoms with E-state index in [0.29, 0.717) is 6.54 Å². The number of fused-ring (bicyclic) bond motifs is 1. The summed E-state index contributed by atoms with van der Waals surface area (Å²) >= 11 is 0. The minimum absolute atomic E-state index is 0.149. The topological polar surface area (TPSA) is 60.8 Å². The Balaban J connectivity index is 1.37. The quantitative estimate of drug-likeness (QED) is 0.783. The second kappa shape index (κ2) is 8.02. The largest absolute Gasteiger partial charge is 0.379 e. The van der Waals surface area contributed by atoms with Crippen LogP contribution < -0.4 is 5.32 Å². The van der Waals surface area contributed by atoms with Crippen molar-refractivity contribution in [1.82, 2.24) is 14.8 Å². The highest BCUT2D eigenvalue weighted by Crippen LogP contribution is 2.31. The number of hydrogen-bond acceptors (Lipinski definition) is 5. The zero-order chi connectivity index (χ0) is 20.4. The Hall–Kier alpha value is -2.61. The third kappa shape index (κ3) is 4.37. The minimum atomic E-state index is -2.85. The predicted molar refractivity (Wildman–Crippen MR) is 110 cm³/mol. The van der Waals surface area contributed by atoms with Gasteiger partial charge in [0.2, 0.25) is 5.91 Å². The molecule has 2 atom stereocenters. The Morgan fingerprint density at radius 1 is 1.38 bits per heavy atom.